The van der Waals surface area contributed by atoms with E-state index in [0.29, 0.717) is 19.1 Å². The smallest absolute Gasteiger partial charge is 0.407 e. The molecule has 0 unspecified atom stereocenters. The molecule has 1 saturated heterocycles. The molecule has 1 heterocycles. The van der Waals surface area contributed by atoms with Crippen molar-refractivity contribution < 1.29 is 19.1 Å². The van der Waals surface area contributed by atoms with E-state index < -0.39 is 11.7 Å². The summed E-state index contributed by atoms with van der Waals surface area (Å²) < 4.78 is 10.5. The number of alkyl carbamates (subject to hydrolysis) is 1. The van der Waals surface area contributed by atoms with E-state index in [1.165, 1.54) is 0 Å². The maximum Gasteiger partial charge on any atom is 0.407 e. The molecule has 1 fully saturated rings. The van der Waals surface area contributed by atoms with Crippen molar-refractivity contribution in [1.82, 2.24) is 15.5 Å². The van der Waals surface area contributed by atoms with Gasteiger partial charge in [0, 0.05) is 37.9 Å². The predicted molar refractivity (Wildman–Crippen MR) is 138 cm³/mol. The Morgan fingerprint density at radius 3 is 2.37 bits per heavy atom. The van der Waals surface area contributed by atoms with Crippen LogP contribution >= 0.6 is 0 Å². The fourth-order valence-corrected chi connectivity index (χ4v) is 3.93. The minimum absolute atomic E-state index is 0.0318. The summed E-state index contributed by atoms with van der Waals surface area (Å²) in [5.74, 6) is 0.786. The van der Waals surface area contributed by atoms with Crippen LogP contribution in [0.15, 0.2) is 48.5 Å². The third-order valence-corrected chi connectivity index (χ3v) is 5.77. The highest BCUT2D eigenvalue weighted by molar-refractivity contribution is 5.74. The van der Waals surface area contributed by atoms with Gasteiger partial charge in [-0.3, -0.25) is 0 Å². The first-order valence-corrected chi connectivity index (χ1v) is 12.2. The zero-order chi connectivity index (χ0) is 25.3. The average molecular weight is 483 g/mol. The van der Waals surface area contributed by atoms with Crippen molar-refractivity contribution in [3.05, 3.63) is 59.7 Å². The van der Waals surface area contributed by atoms with Crippen molar-refractivity contribution in [2.24, 2.45) is 0 Å². The Labute approximate surface area is 208 Å². The molecule has 0 spiro atoms. The lowest BCUT2D eigenvalue weighted by atomic mass is 10.0. The molecule has 2 aromatic rings. The van der Waals surface area contributed by atoms with Crippen molar-refractivity contribution in [3.8, 4) is 5.75 Å². The summed E-state index contributed by atoms with van der Waals surface area (Å²) in [4.78, 5) is 26.2. The van der Waals surface area contributed by atoms with Crippen LogP contribution in [0.3, 0.4) is 0 Å². The number of hydrogen-bond acceptors (Lipinski definition) is 5. The number of hydrogen-bond donors (Lipinski definition) is 3. The summed E-state index contributed by atoms with van der Waals surface area (Å²) in [5, 5.41) is 9.36. The van der Waals surface area contributed by atoms with Gasteiger partial charge in [0.15, 0.2) is 0 Å². The average Bonchev–Trinajstić information content (AvgIpc) is 2.83. The number of nitrogens with zero attached hydrogens (tertiary/aromatic N) is 1. The molecule has 190 valence electrons. The number of benzene rings is 2. The van der Waals surface area contributed by atoms with E-state index in [2.05, 4.69) is 40.2 Å². The Morgan fingerprint density at radius 1 is 1.00 bits per heavy atom. The molecule has 0 saturated carbocycles. The molecule has 8 nitrogen and oxygen atoms in total. The summed E-state index contributed by atoms with van der Waals surface area (Å²) >= 11 is 0. The predicted octanol–water partition coefficient (Wildman–Crippen LogP) is 4.55. The number of likely N-dealkylation sites (tertiary alicyclic amines) is 1. The van der Waals surface area contributed by atoms with Crippen LogP contribution in [-0.2, 0) is 17.7 Å². The largest absolute Gasteiger partial charge is 0.497 e. The zero-order valence-corrected chi connectivity index (χ0v) is 21.2. The van der Waals surface area contributed by atoms with Gasteiger partial charge in [-0.2, -0.15) is 0 Å². The van der Waals surface area contributed by atoms with Crippen LogP contribution in [0, 0.1) is 0 Å². The summed E-state index contributed by atoms with van der Waals surface area (Å²) in [6.07, 6.45) is 2.14. The maximum absolute atomic E-state index is 12.6. The lowest BCUT2D eigenvalue weighted by Crippen LogP contribution is -2.46. The Kier molecular flexibility index (Phi) is 9.23. The quantitative estimate of drug-likeness (QED) is 0.514. The zero-order valence-electron chi connectivity index (χ0n) is 21.2. The first-order valence-electron chi connectivity index (χ1n) is 12.2. The van der Waals surface area contributed by atoms with Gasteiger partial charge in [0.1, 0.15) is 11.4 Å². The Balaban J connectivity index is 1.35. The molecule has 0 bridgehead atoms. The summed E-state index contributed by atoms with van der Waals surface area (Å²) in [6.45, 7) is 7.99. The van der Waals surface area contributed by atoms with Crippen molar-refractivity contribution in [3.63, 3.8) is 0 Å². The Morgan fingerprint density at radius 2 is 1.71 bits per heavy atom. The monoisotopic (exact) mass is 482 g/mol. The molecule has 1 aliphatic heterocycles. The SMILES string of the molecule is COc1cccc(CNC(=O)N2CCC(Nc3ccc(CCNC(=O)OC(C)(C)C)cc3)CC2)c1. The molecule has 0 aliphatic carbocycles. The molecule has 2 aromatic carbocycles. The van der Waals surface area contributed by atoms with Gasteiger partial charge in [-0.05, 0) is 75.4 Å². The number of carbonyl (C=O) groups excluding carboxylic acids is 2. The first-order chi connectivity index (χ1) is 16.7. The molecule has 0 radical (unpaired) electrons. The van der Waals surface area contributed by atoms with Gasteiger partial charge >= 0.3 is 12.1 Å². The number of carbonyl (C=O) groups is 2. The standard InChI is InChI=1S/C27H38N4O4/c1-27(2,3)35-26(33)28-15-12-20-8-10-22(11-9-20)30-23-13-16-31(17-14-23)25(32)29-19-21-6-5-7-24(18-21)34-4/h5-11,18,23,30H,12-17,19H2,1-4H3,(H,28,33)(H,29,32). The van der Waals surface area contributed by atoms with Crippen LogP contribution in [0.2, 0.25) is 0 Å². The number of piperidine rings is 1. The van der Waals surface area contributed by atoms with Crippen LogP contribution in [0.5, 0.6) is 5.75 Å². The summed E-state index contributed by atoms with van der Waals surface area (Å²) in [7, 11) is 1.64. The lowest BCUT2D eigenvalue weighted by Gasteiger charge is -2.33. The highest BCUT2D eigenvalue weighted by atomic mass is 16.6. The highest BCUT2D eigenvalue weighted by Crippen LogP contribution is 2.18. The van der Waals surface area contributed by atoms with E-state index in [1.807, 2.05) is 49.9 Å². The molecule has 1 aliphatic rings. The number of amides is 3. The molecule has 0 aromatic heterocycles. The lowest BCUT2D eigenvalue weighted by molar-refractivity contribution is 0.0528. The number of anilines is 1. The topological polar surface area (TPSA) is 91.9 Å². The van der Waals surface area contributed by atoms with Crippen LogP contribution in [0.1, 0.15) is 44.7 Å². The van der Waals surface area contributed by atoms with Crippen LogP contribution in [0.25, 0.3) is 0 Å². The van der Waals surface area contributed by atoms with Crippen molar-refractivity contribution in [2.75, 3.05) is 32.1 Å². The van der Waals surface area contributed by atoms with E-state index in [0.717, 1.165) is 54.9 Å². The molecule has 3 N–H and O–H groups in total. The van der Waals surface area contributed by atoms with Gasteiger partial charge in [0.25, 0.3) is 0 Å². The second kappa shape index (κ2) is 12.3. The molecular weight excluding hydrogens is 444 g/mol. The Hall–Kier alpha value is -3.42. The van der Waals surface area contributed by atoms with Gasteiger partial charge in [-0.15, -0.1) is 0 Å². The molecule has 3 amide bonds. The van der Waals surface area contributed by atoms with E-state index in [9.17, 15) is 9.59 Å². The van der Waals surface area contributed by atoms with Crippen LogP contribution in [0.4, 0.5) is 15.3 Å². The van der Waals surface area contributed by atoms with E-state index in [4.69, 9.17) is 9.47 Å². The number of nitrogens with one attached hydrogen (secondary N) is 3. The van der Waals surface area contributed by atoms with Gasteiger partial charge < -0.3 is 30.3 Å². The van der Waals surface area contributed by atoms with Crippen molar-refractivity contribution in [1.29, 1.82) is 0 Å². The van der Waals surface area contributed by atoms with Gasteiger partial charge in [0.2, 0.25) is 0 Å². The number of ether oxygens (including phenoxy) is 2. The maximum atomic E-state index is 12.6. The molecule has 0 atom stereocenters. The number of rotatable bonds is 8. The molecule has 3 rings (SSSR count). The Bertz CT molecular complexity index is 964. The fraction of sp³-hybridized carbons (Fsp3) is 0.481. The summed E-state index contributed by atoms with van der Waals surface area (Å²) in [5.41, 5.74) is 2.73. The molecular formula is C27H38N4O4. The second-order valence-electron chi connectivity index (χ2n) is 9.79. The van der Waals surface area contributed by atoms with Crippen molar-refractivity contribution >= 4 is 17.8 Å². The first kappa shape index (κ1) is 26.2. The minimum Gasteiger partial charge on any atom is -0.497 e. The van der Waals surface area contributed by atoms with E-state index >= 15 is 0 Å². The van der Waals surface area contributed by atoms with Crippen LogP contribution < -0.4 is 20.7 Å². The van der Waals surface area contributed by atoms with Gasteiger partial charge in [0.05, 0.1) is 7.11 Å². The number of methoxy groups -OCH3 is 1. The minimum atomic E-state index is -0.492. The highest BCUT2D eigenvalue weighted by Gasteiger charge is 2.22. The number of urea groups is 1. The van der Waals surface area contributed by atoms with E-state index in [1.54, 1.807) is 7.11 Å². The third-order valence-electron chi connectivity index (χ3n) is 5.77. The van der Waals surface area contributed by atoms with Crippen molar-refractivity contribution in [2.45, 2.75) is 58.2 Å². The van der Waals surface area contributed by atoms with Crippen LogP contribution in [-0.4, -0.2) is 55.4 Å². The third kappa shape index (κ3) is 9.03. The second-order valence-corrected chi connectivity index (χ2v) is 9.79. The molecule has 35 heavy (non-hydrogen) atoms. The molecule has 8 heteroatoms. The van der Waals surface area contributed by atoms with Gasteiger partial charge in [-0.1, -0.05) is 24.3 Å². The normalized spacial score (nSPS) is 14.2. The van der Waals surface area contributed by atoms with Gasteiger partial charge in [-0.25, -0.2) is 9.59 Å². The van der Waals surface area contributed by atoms with E-state index in [-0.39, 0.29) is 6.03 Å². The fourth-order valence-electron chi connectivity index (χ4n) is 3.93. The summed E-state index contributed by atoms with van der Waals surface area (Å²) in [6, 6.07) is 16.3.